The largest absolute Gasteiger partial charge is 0.385 e. The number of benzene rings is 1. The van der Waals surface area contributed by atoms with E-state index in [2.05, 4.69) is 19.2 Å². The maximum absolute atomic E-state index is 12.9. The van der Waals surface area contributed by atoms with Gasteiger partial charge in [-0.05, 0) is 36.6 Å². The second kappa shape index (κ2) is 4.99. The van der Waals surface area contributed by atoms with Gasteiger partial charge < -0.3 is 5.32 Å². The van der Waals surface area contributed by atoms with E-state index in [0.717, 1.165) is 18.7 Å². The number of nitrogens with one attached hydrogen (secondary N) is 1. The van der Waals surface area contributed by atoms with E-state index in [1.54, 1.807) is 13.0 Å². The molecule has 0 heterocycles. The average Bonchev–Trinajstić information content (AvgIpc) is 2.19. The van der Waals surface area contributed by atoms with Crippen LogP contribution in [0.1, 0.15) is 25.8 Å². The summed E-state index contributed by atoms with van der Waals surface area (Å²) in [5, 5.41) is 3.30. The lowest BCUT2D eigenvalue weighted by atomic mass is 10.1. The standard InChI is InChI=1S/C12H18FN/c1-4-9(2)8-14-11-5-6-12(13)10(3)7-11/h5-7,9,14H,4,8H2,1-3H3. The number of hydrogen-bond acceptors (Lipinski definition) is 1. The van der Waals surface area contributed by atoms with Crippen molar-refractivity contribution in [1.29, 1.82) is 0 Å². The predicted molar refractivity (Wildman–Crippen MR) is 59.1 cm³/mol. The van der Waals surface area contributed by atoms with Gasteiger partial charge in [0.15, 0.2) is 0 Å². The molecule has 78 valence electrons. The predicted octanol–water partition coefficient (Wildman–Crippen LogP) is 3.59. The van der Waals surface area contributed by atoms with Crippen molar-refractivity contribution in [3.63, 3.8) is 0 Å². The van der Waals surface area contributed by atoms with Crippen molar-refractivity contribution in [1.82, 2.24) is 0 Å². The number of hydrogen-bond donors (Lipinski definition) is 1. The molecular weight excluding hydrogens is 177 g/mol. The SMILES string of the molecule is CCC(C)CNc1ccc(F)c(C)c1. The smallest absolute Gasteiger partial charge is 0.126 e. The van der Waals surface area contributed by atoms with Crippen LogP contribution < -0.4 is 5.32 Å². The van der Waals surface area contributed by atoms with Crippen molar-refractivity contribution in [2.24, 2.45) is 5.92 Å². The van der Waals surface area contributed by atoms with Gasteiger partial charge in [0, 0.05) is 12.2 Å². The second-order valence-corrected chi connectivity index (χ2v) is 3.86. The first-order chi connectivity index (χ1) is 6.63. The molecule has 0 radical (unpaired) electrons. The molecule has 0 aromatic heterocycles. The Bertz CT molecular complexity index is 296. The summed E-state index contributed by atoms with van der Waals surface area (Å²) >= 11 is 0. The highest BCUT2D eigenvalue weighted by Crippen LogP contribution is 2.14. The first-order valence-corrected chi connectivity index (χ1v) is 5.13. The lowest BCUT2D eigenvalue weighted by molar-refractivity contribution is 0.593. The fourth-order valence-electron chi connectivity index (χ4n) is 1.19. The van der Waals surface area contributed by atoms with E-state index in [1.807, 2.05) is 6.07 Å². The highest BCUT2D eigenvalue weighted by Gasteiger charge is 2.00. The van der Waals surface area contributed by atoms with Crippen LogP contribution in [0.2, 0.25) is 0 Å². The van der Waals surface area contributed by atoms with Crippen LogP contribution in [0.4, 0.5) is 10.1 Å². The quantitative estimate of drug-likeness (QED) is 0.774. The van der Waals surface area contributed by atoms with Crippen LogP contribution in [-0.2, 0) is 0 Å². The topological polar surface area (TPSA) is 12.0 Å². The third-order valence-corrected chi connectivity index (χ3v) is 2.51. The van der Waals surface area contributed by atoms with Crippen molar-refractivity contribution in [3.8, 4) is 0 Å². The Labute approximate surface area is 85.3 Å². The minimum Gasteiger partial charge on any atom is -0.385 e. The molecule has 0 aliphatic heterocycles. The Kier molecular flexibility index (Phi) is 3.93. The van der Waals surface area contributed by atoms with Gasteiger partial charge in [0.2, 0.25) is 0 Å². The highest BCUT2D eigenvalue weighted by molar-refractivity contribution is 5.45. The van der Waals surface area contributed by atoms with Crippen LogP contribution in [0, 0.1) is 18.7 Å². The molecule has 1 N–H and O–H groups in total. The Balaban J connectivity index is 2.55. The Morgan fingerprint density at radius 3 is 2.71 bits per heavy atom. The second-order valence-electron chi connectivity index (χ2n) is 3.86. The van der Waals surface area contributed by atoms with Crippen LogP contribution in [0.25, 0.3) is 0 Å². The Morgan fingerprint density at radius 2 is 2.14 bits per heavy atom. The first kappa shape index (κ1) is 11.0. The zero-order chi connectivity index (χ0) is 10.6. The molecule has 1 unspecified atom stereocenters. The molecule has 0 spiro atoms. The molecular formula is C12H18FN. The highest BCUT2D eigenvalue weighted by atomic mass is 19.1. The summed E-state index contributed by atoms with van der Waals surface area (Å²) in [7, 11) is 0. The van der Waals surface area contributed by atoms with E-state index in [9.17, 15) is 4.39 Å². The van der Waals surface area contributed by atoms with E-state index in [-0.39, 0.29) is 5.82 Å². The molecule has 1 aromatic rings. The molecule has 1 atom stereocenters. The van der Waals surface area contributed by atoms with E-state index >= 15 is 0 Å². The third kappa shape index (κ3) is 3.02. The number of aryl methyl sites for hydroxylation is 1. The fourth-order valence-corrected chi connectivity index (χ4v) is 1.19. The van der Waals surface area contributed by atoms with Crippen LogP contribution >= 0.6 is 0 Å². The molecule has 1 aromatic carbocycles. The molecule has 0 saturated heterocycles. The van der Waals surface area contributed by atoms with Crippen LogP contribution in [0.15, 0.2) is 18.2 Å². The van der Waals surface area contributed by atoms with Gasteiger partial charge in [-0.2, -0.15) is 0 Å². The normalized spacial score (nSPS) is 12.6. The summed E-state index contributed by atoms with van der Waals surface area (Å²) in [5.41, 5.74) is 1.70. The summed E-state index contributed by atoms with van der Waals surface area (Å²) in [6.07, 6.45) is 1.16. The molecule has 0 bridgehead atoms. The molecule has 14 heavy (non-hydrogen) atoms. The monoisotopic (exact) mass is 195 g/mol. The molecule has 0 fully saturated rings. The van der Waals surface area contributed by atoms with Gasteiger partial charge in [0.25, 0.3) is 0 Å². The Hall–Kier alpha value is -1.05. The summed E-state index contributed by atoms with van der Waals surface area (Å²) in [6.45, 7) is 7.09. The van der Waals surface area contributed by atoms with E-state index in [4.69, 9.17) is 0 Å². The van der Waals surface area contributed by atoms with E-state index in [0.29, 0.717) is 11.5 Å². The van der Waals surface area contributed by atoms with Crippen LogP contribution in [0.3, 0.4) is 0 Å². The maximum atomic E-state index is 12.9. The number of halogens is 1. The van der Waals surface area contributed by atoms with Crippen molar-refractivity contribution < 1.29 is 4.39 Å². The zero-order valence-corrected chi connectivity index (χ0v) is 9.10. The lowest BCUT2D eigenvalue weighted by Crippen LogP contribution is -2.10. The van der Waals surface area contributed by atoms with Gasteiger partial charge >= 0.3 is 0 Å². The van der Waals surface area contributed by atoms with Crippen molar-refractivity contribution in [2.75, 3.05) is 11.9 Å². The summed E-state index contributed by atoms with van der Waals surface area (Å²) in [5.74, 6) is 0.513. The van der Waals surface area contributed by atoms with Crippen molar-refractivity contribution >= 4 is 5.69 Å². The Morgan fingerprint density at radius 1 is 1.43 bits per heavy atom. The molecule has 0 amide bonds. The third-order valence-electron chi connectivity index (χ3n) is 2.51. The lowest BCUT2D eigenvalue weighted by Gasteiger charge is -2.11. The van der Waals surface area contributed by atoms with Crippen LogP contribution in [0.5, 0.6) is 0 Å². The molecule has 0 aliphatic rings. The summed E-state index contributed by atoms with van der Waals surface area (Å²) in [6, 6.07) is 5.14. The average molecular weight is 195 g/mol. The van der Waals surface area contributed by atoms with Crippen LogP contribution in [-0.4, -0.2) is 6.54 Å². The van der Waals surface area contributed by atoms with E-state index < -0.39 is 0 Å². The van der Waals surface area contributed by atoms with Gasteiger partial charge in [-0.25, -0.2) is 4.39 Å². The maximum Gasteiger partial charge on any atom is 0.126 e. The van der Waals surface area contributed by atoms with Crippen molar-refractivity contribution in [3.05, 3.63) is 29.6 Å². The van der Waals surface area contributed by atoms with Gasteiger partial charge in [-0.1, -0.05) is 20.3 Å². The fraction of sp³-hybridized carbons (Fsp3) is 0.500. The minimum absolute atomic E-state index is 0.140. The molecule has 0 saturated carbocycles. The van der Waals surface area contributed by atoms with Gasteiger partial charge in [-0.15, -0.1) is 0 Å². The summed E-state index contributed by atoms with van der Waals surface area (Å²) in [4.78, 5) is 0. The minimum atomic E-state index is -0.140. The summed E-state index contributed by atoms with van der Waals surface area (Å²) < 4.78 is 12.9. The van der Waals surface area contributed by atoms with E-state index in [1.165, 1.54) is 6.07 Å². The van der Waals surface area contributed by atoms with Crippen molar-refractivity contribution in [2.45, 2.75) is 27.2 Å². The molecule has 1 nitrogen and oxygen atoms in total. The van der Waals surface area contributed by atoms with Gasteiger partial charge in [0.1, 0.15) is 5.82 Å². The molecule has 2 heteroatoms. The number of anilines is 1. The zero-order valence-electron chi connectivity index (χ0n) is 9.10. The first-order valence-electron chi connectivity index (χ1n) is 5.13. The number of rotatable bonds is 4. The van der Waals surface area contributed by atoms with Gasteiger partial charge in [0.05, 0.1) is 0 Å². The molecule has 1 rings (SSSR count). The molecule has 0 aliphatic carbocycles. The van der Waals surface area contributed by atoms with Gasteiger partial charge in [-0.3, -0.25) is 0 Å².